The van der Waals surface area contributed by atoms with Crippen LogP contribution in [0.1, 0.15) is 19.8 Å². The van der Waals surface area contributed by atoms with Gasteiger partial charge in [0.1, 0.15) is 0 Å². The highest BCUT2D eigenvalue weighted by Crippen LogP contribution is 2.31. The number of esters is 1. The summed E-state index contributed by atoms with van der Waals surface area (Å²) < 4.78 is 55.9. The van der Waals surface area contributed by atoms with Gasteiger partial charge in [0, 0.05) is 12.6 Å². The third-order valence-corrected chi connectivity index (χ3v) is 9.42. The molecule has 3 rings (SSSR count). The van der Waals surface area contributed by atoms with Crippen molar-refractivity contribution in [1.29, 1.82) is 0 Å². The Morgan fingerprint density at radius 2 is 1.93 bits per heavy atom. The molecule has 1 unspecified atom stereocenters. The first-order chi connectivity index (χ1) is 12.7. The maximum absolute atomic E-state index is 13.1. The number of nitrogens with zero attached hydrogens (tertiary/aromatic N) is 1. The molecule has 3 atom stereocenters. The number of piperidine rings is 1. The van der Waals surface area contributed by atoms with Gasteiger partial charge in [0.2, 0.25) is 0 Å². The number of hydrogen-bond acceptors (Lipinski definition) is 7. The molecule has 7 nitrogen and oxygen atoms in total. The van der Waals surface area contributed by atoms with Crippen LogP contribution in [0, 0.1) is 5.92 Å². The average molecular weight is 416 g/mol. The molecule has 0 radical (unpaired) electrons. The molecule has 0 N–H and O–H groups in total. The summed E-state index contributed by atoms with van der Waals surface area (Å²) in [6.07, 6.45) is 1.38. The summed E-state index contributed by atoms with van der Waals surface area (Å²) in [5.74, 6) is -1.22. The van der Waals surface area contributed by atoms with Gasteiger partial charge in [0.15, 0.2) is 19.7 Å². The van der Waals surface area contributed by atoms with Gasteiger partial charge >= 0.3 is 5.97 Å². The summed E-state index contributed by atoms with van der Waals surface area (Å²) in [6.45, 7) is 2.94. The fraction of sp³-hybridized carbons (Fsp3) is 0.611. The average Bonchev–Trinajstić information content (AvgIpc) is 2.99. The van der Waals surface area contributed by atoms with Crippen LogP contribution in [0.25, 0.3) is 0 Å². The molecular weight excluding hydrogens is 390 g/mol. The predicted molar refractivity (Wildman–Crippen MR) is 101 cm³/mol. The van der Waals surface area contributed by atoms with Crippen molar-refractivity contribution in [2.45, 2.75) is 36.0 Å². The van der Waals surface area contributed by atoms with Crippen LogP contribution < -0.4 is 0 Å². The molecule has 1 aromatic carbocycles. The van der Waals surface area contributed by atoms with Crippen LogP contribution in [0.3, 0.4) is 0 Å². The van der Waals surface area contributed by atoms with Crippen LogP contribution in [0.2, 0.25) is 0 Å². The molecule has 150 valence electrons. The predicted octanol–water partition coefficient (Wildman–Crippen LogP) is 0.901. The molecule has 2 heterocycles. The zero-order valence-electron chi connectivity index (χ0n) is 15.3. The van der Waals surface area contributed by atoms with Gasteiger partial charge in [-0.2, -0.15) is 0 Å². The second kappa shape index (κ2) is 7.89. The number of likely N-dealkylation sites (tertiary alicyclic amines) is 1. The fourth-order valence-electron chi connectivity index (χ4n) is 3.98. The number of ether oxygens (including phenoxy) is 1. The number of carbonyl (C=O) groups is 1. The topological polar surface area (TPSA) is 97.8 Å². The van der Waals surface area contributed by atoms with E-state index < -0.39 is 31.0 Å². The molecule has 2 aliphatic heterocycles. The SMILES string of the molecule is CCOC(=O)C1CCCN([C@@H]2CS(=O)(=O)C[C@H]2S(=O)(=O)c2ccccc2)C1. The summed E-state index contributed by atoms with van der Waals surface area (Å²) in [6, 6.07) is 7.32. The molecule has 0 spiro atoms. The Balaban J connectivity index is 1.87. The van der Waals surface area contributed by atoms with E-state index >= 15 is 0 Å². The lowest BCUT2D eigenvalue weighted by Crippen LogP contribution is -2.51. The molecule has 27 heavy (non-hydrogen) atoms. The van der Waals surface area contributed by atoms with Crippen LogP contribution in [-0.2, 0) is 29.2 Å². The fourth-order valence-corrected chi connectivity index (χ4v) is 8.83. The first-order valence-electron chi connectivity index (χ1n) is 9.14. The van der Waals surface area contributed by atoms with Crippen molar-refractivity contribution in [3.05, 3.63) is 30.3 Å². The monoisotopic (exact) mass is 415 g/mol. The Morgan fingerprint density at radius 3 is 2.59 bits per heavy atom. The van der Waals surface area contributed by atoms with Crippen molar-refractivity contribution in [2.24, 2.45) is 5.92 Å². The molecule has 2 fully saturated rings. The van der Waals surface area contributed by atoms with Crippen LogP contribution in [0.4, 0.5) is 0 Å². The highest BCUT2D eigenvalue weighted by Gasteiger charge is 2.49. The number of carbonyl (C=O) groups excluding carboxylic acids is 1. The van der Waals surface area contributed by atoms with Crippen molar-refractivity contribution in [3.63, 3.8) is 0 Å². The molecule has 0 bridgehead atoms. The Bertz CT molecular complexity index is 882. The summed E-state index contributed by atoms with van der Waals surface area (Å²) in [7, 11) is -7.26. The summed E-state index contributed by atoms with van der Waals surface area (Å²) in [4.78, 5) is 14.1. The molecule has 1 aromatic rings. The highest BCUT2D eigenvalue weighted by atomic mass is 32.2. The molecule has 2 saturated heterocycles. The lowest BCUT2D eigenvalue weighted by Gasteiger charge is -2.37. The smallest absolute Gasteiger partial charge is 0.310 e. The normalized spacial score (nSPS) is 28.7. The molecule has 0 aromatic heterocycles. The van der Waals surface area contributed by atoms with E-state index in [1.54, 1.807) is 25.1 Å². The van der Waals surface area contributed by atoms with Crippen molar-refractivity contribution in [3.8, 4) is 0 Å². The van der Waals surface area contributed by atoms with Crippen LogP contribution in [0.5, 0.6) is 0 Å². The van der Waals surface area contributed by atoms with Crippen molar-refractivity contribution in [2.75, 3.05) is 31.2 Å². The highest BCUT2D eigenvalue weighted by molar-refractivity contribution is 7.96. The van der Waals surface area contributed by atoms with Crippen molar-refractivity contribution >= 4 is 25.6 Å². The van der Waals surface area contributed by atoms with E-state index in [1.807, 2.05) is 4.90 Å². The van der Waals surface area contributed by atoms with Crippen LogP contribution in [0.15, 0.2) is 35.2 Å². The van der Waals surface area contributed by atoms with E-state index in [1.165, 1.54) is 12.1 Å². The third kappa shape index (κ3) is 4.35. The Morgan fingerprint density at radius 1 is 1.22 bits per heavy atom. The minimum atomic E-state index is -3.79. The van der Waals surface area contributed by atoms with Gasteiger partial charge in [0.05, 0.1) is 34.2 Å². The largest absolute Gasteiger partial charge is 0.466 e. The van der Waals surface area contributed by atoms with Gasteiger partial charge in [-0.1, -0.05) is 18.2 Å². The standard InChI is InChI=1S/C18H25NO6S2/c1-2-25-18(20)14-7-6-10-19(11-14)16-12-26(21,22)13-17(16)27(23,24)15-8-4-3-5-9-15/h3-5,8-9,14,16-17H,2,6-7,10-13H2,1H3/t14?,16-,17-/m1/s1. The number of rotatable bonds is 5. The molecular formula is C18H25NO6S2. The second-order valence-corrected chi connectivity index (χ2v) is 11.4. The van der Waals surface area contributed by atoms with Crippen molar-refractivity contribution < 1.29 is 26.4 Å². The summed E-state index contributed by atoms with van der Waals surface area (Å²) >= 11 is 0. The third-order valence-electron chi connectivity index (χ3n) is 5.28. The number of sulfone groups is 2. The van der Waals surface area contributed by atoms with Crippen LogP contribution >= 0.6 is 0 Å². The van der Waals surface area contributed by atoms with E-state index in [4.69, 9.17) is 4.74 Å². The summed E-state index contributed by atoms with van der Waals surface area (Å²) in [5.41, 5.74) is 0. The van der Waals surface area contributed by atoms with E-state index in [0.717, 1.165) is 0 Å². The maximum atomic E-state index is 13.1. The zero-order valence-corrected chi connectivity index (χ0v) is 16.9. The number of benzene rings is 1. The minimum absolute atomic E-state index is 0.135. The van der Waals surface area contributed by atoms with Crippen LogP contribution in [-0.4, -0.2) is 70.2 Å². The van der Waals surface area contributed by atoms with Gasteiger partial charge in [-0.3, -0.25) is 9.69 Å². The molecule has 2 aliphatic rings. The van der Waals surface area contributed by atoms with E-state index in [9.17, 15) is 21.6 Å². The van der Waals surface area contributed by atoms with Gasteiger partial charge in [-0.25, -0.2) is 16.8 Å². The Kier molecular flexibility index (Phi) is 5.93. The maximum Gasteiger partial charge on any atom is 0.310 e. The van der Waals surface area contributed by atoms with Gasteiger partial charge in [0.25, 0.3) is 0 Å². The van der Waals surface area contributed by atoms with Gasteiger partial charge in [-0.15, -0.1) is 0 Å². The molecule has 0 saturated carbocycles. The first kappa shape index (κ1) is 20.3. The minimum Gasteiger partial charge on any atom is -0.466 e. The Hall–Kier alpha value is -1.45. The van der Waals surface area contributed by atoms with Gasteiger partial charge in [-0.05, 0) is 38.4 Å². The molecule has 9 heteroatoms. The van der Waals surface area contributed by atoms with Crippen molar-refractivity contribution in [1.82, 2.24) is 4.90 Å². The lowest BCUT2D eigenvalue weighted by atomic mass is 9.96. The summed E-state index contributed by atoms with van der Waals surface area (Å²) in [5, 5.41) is -1.02. The zero-order chi connectivity index (χ0) is 19.7. The molecule has 0 amide bonds. The lowest BCUT2D eigenvalue weighted by molar-refractivity contribution is -0.150. The van der Waals surface area contributed by atoms with E-state index in [0.29, 0.717) is 25.9 Å². The number of hydrogen-bond donors (Lipinski definition) is 0. The quantitative estimate of drug-likeness (QED) is 0.659. The Labute approximate surface area is 160 Å². The van der Waals surface area contributed by atoms with Gasteiger partial charge < -0.3 is 4.74 Å². The first-order valence-corrected chi connectivity index (χ1v) is 12.5. The second-order valence-electron chi connectivity index (χ2n) is 7.13. The molecule has 0 aliphatic carbocycles. The van der Waals surface area contributed by atoms with E-state index in [2.05, 4.69) is 0 Å². The van der Waals surface area contributed by atoms with E-state index in [-0.39, 0.29) is 34.9 Å².